The van der Waals surface area contributed by atoms with Crippen molar-refractivity contribution in [3.63, 3.8) is 0 Å². The number of rotatable bonds is 18. The van der Waals surface area contributed by atoms with Gasteiger partial charge >= 0.3 is 5.97 Å². The van der Waals surface area contributed by atoms with Gasteiger partial charge in [0.15, 0.2) is 0 Å². The Bertz CT molecular complexity index is 226. The second-order valence-corrected chi connectivity index (χ2v) is 6.78. The lowest BCUT2D eigenvalue weighted by Gasteiger charge is -2.03. The maximum Gasteiger partial charge on any atom is 0.355 e. The van der Waals surface area contributed by atoms with Crippen LogP contribution in [0.25, 0.3) is 0 Å². The zero-order valence-electron chi connectivity index (χ0n) is 15.0. The van der Waals surface area contributed by atoms with Crippen LogP contribution in [-0.4, -0.2) is 5.97 Å². The molecule has 0 N–H and O–H groups in total. The van der Waals surface area contributed by atoms with Crippen molar-refractivity contribution in [1.82, 2.24) is 0 Å². The van der Waals surface area contributed by atoms with Crippen molar-refractivity contribution < 1.29 is 9.90 Å². The molecule has 0 saturated heterocycles. The maximum absolute atomic E-state index is 10.2. The fourth-order valence-electron chi connectivity index (χ4n) is 2.99. The molecule has 0 aromatic rings. The lowest BCUT2D eigenvalue weighted by atomic mass is 10.0. The van der Waals surface area contributed by atoms with E-state index in [1.54, 1.807) is 0 Å². The van der Waals surface area contributed by atoms with Gasteiger partial charge in [-0.05, 0) is 6.42 Å². The average molecular weight is 312 g/mol. The van der Waals surface area contributed by atoms with Crippen LogP contribution in [0.15, 0.2) is 0 Å². The molecule has 0 aromatic heterocycles. The van der Waals surface area contributed by atoms with E-state index in [4.69, 9.17) is 0 Å². The molecule has 0 saturated carbocycles. The fourth-order valence-corrected chi connectivity index (χ4v) is 2.99. The molecule has 131 valence electrons. The molecule has 0 atom stereocenters. The summed E-state index contributed by atoms with van der Waals surface area (Å²) in [6.45, 7) is 2.27. The molecular weight excluding hydrogens is 272 g/mol. The van der Waals surface area contributed by atoms with Gasteiger partial charge in [-0.15, -0.1) is 0 Å². The minimum absolute atomic E-state index is 0.235. The highest BCUT2D eigenvalue weighted by Gasteiger charge is 1.98. The third-order valence-electron chi connectivity index (χ3n) is 4.48. The van der Waals surface area contributed by atoms with Crippen LogP contribution in [0.5, 0.6) is 0 Å². The Balaban J connectivity index is 2.95. The van der Waals surface area contributed by atoms with E-state index in [0.717, 1.165) is 12.8 Å². The van der Waals surface area contributed by atoms with E-state index in [9.17, 15) is 9.90 Å². The Labute approximate surface area is 139 Å². The van der Waals surface area contributed by atoms with E-state index in [1.165, 1.54) is 96.3 Å². The van der Waals surface area contributed by atoms with Crippen LogP contribution in [0.1, 0.15) is 122 Å². The SMILES string of the molecule is CCCCCCCCCCCCCCCCCCCC([O])=O. The van der Waals surface area contributed by atoms with Gasteiger partial charge in [0.25, 0.3) is 0 Å². The van der Waals surface area contributed by atoms with Gasteiger partial charge in [0.2, 0.25) is 0 Å². The van der Waals surface area contributed by atoms with E-state index < -0.39 is 5.97 Å². The lowest BCUT2D eigenvalue weighted by molar-refractivity contribution is -0.143. The third kappa shape index (κ3) is 19.5. The molecule has 1 radical (unpaired) electrons. The first-order valence-corrected chi connectivity index (χ1v) is 9.97. The molecule has 0 aliphatic rings. The van der Waals surface area contributed by atoms with Crippen LogP contribution < -0.4 is 0 Å². The van der Waals surface area contributed by atoms with E-state index in [-0.39, 0.29) is 6.42 Å². The van der Waals surface area contributed by atoms with Crippen molar-refractivity contribution in [1.29, 1.82) is 0 Å². The van der Waals surface area contributed by atoms with Crippen molar-refractivity contribution in [3.8, 4) is 0 Å². The molecule has 0 aromatic carbocycles. The van der Waals surface area contributed by atoms with Gasteiger partial charge in [-0.1, -0.05) is 110 Å². The molecule has 0 bridgehead atoms. The summed E-state index contributed by atoms with van der Waals surface area (Å²) >= 11 is 0. The number of carbonyl (C=O) groups is 1. The maximum atomic E-state index is 10.2. The van der Waals surface area contributed by atoms with Gasteiger partial charge in [-0.3, -0.25) is 0 Å². The predicted octanol–water partition coefficient (Wildman–Crippen LogP) is 6.99. The van der Waals surface area contributed by atoms with Gasteiger partial charge in [-0.2, -0.15) is 0 Å². The molecule has 2 heteroatoms. The van der Waals surface area contributed by atoms with Crippen LogP contribution in [0, 0.1) is 0 Å². The first-order valence-electron chi connectivity index (χ1n) is 9.97. The Morgan fingerprint density at radius 2 is 0.773 bits per heavy atom. The second kappa shape index (κ2) is 18.5. The van der Waals surface area contributed by atoms with Crippen molar-refractivity contribution >= 4 is 5.97 Å². The normalized spacial score (nSPS) is 11.0. The van der Waals surface area contributed by atoms with E-state index in [1.807, 2.05) is 0 Å². The largest absolute Gasteiger partial charge is 0.355 e. The third-order valence-corrected chi connectivity index (χ3v) is 4.48. The van der Waals surface area contributed by atoms with Crippen molar-refractivity contribution in [3.05, 3.63) is 0 Å². The summed E-state index contributed by atoms with van der Waals surface area (Å²) in [7, 11) is 0. The van der Waals surface area contributed by atoms with E-state index >= 15 is 0 Å². The molecule has 0 amide bonds. The van der Waals surface area contributed by atoms with Crippen LogP contribution >= 0.6 is 0 Å². The second-order valence-electron chi connectivity index (χ2n) is 6.78. The van der Waals surface area contributed by atoms with Crippen molar-refractivity contribution in [2.45, 2.75) is 122 Å². The van der Waals surface area contributed by atoms with E-state index in [2.05, 4.69) is 6.92 Å². The zero-order chi connectivity index (χ0) is 16.3. The summed E-state index contributed by atoms with van der Waals surface area (Å²) < 4.78 is 0. The van der Waals surface area contributed by atoms with Crippen LogP contribution in [0.2, 0.25) is 0 Å². The van der Waals surface area contributed by atoms with Gasteiger partial charge in [0.1, 0.15) is 0 Å². The molecule has 0 aliphatic heterocycles. The summed E-state index contributed by atoms with van der Waals surface area (Å²) in [4.78, 5) is 10.2. The fraction of sp³-hybridized carbons (Fsp3) is 0.950. The topological polar surface area (TPSA) is 37.0 Å². The molecule has 2 nitrogen and oxygen atoms in total. The summed E-state index contributed by atoms with van der Waals surface area (Å²) in [5.41, 5.74) is 0. The first kappa shape index (κ1) is 21.5. The molecule has 0 aliphatic carbocycles. The zero-order valence-corrected chi connectivity index (χ0v) is 15.0. The van der Waals surface area contributed by atoms with Crippen LogP contribution in [-0.2, 0) is 9.90 Å². The monoisotopic (exact) mass is 311 g/mol. The molecule has 0 fully saturated rings. The highest BCUT2D eigenvalue weighted by Crippen LogP contribution is 2.14. The predicted molar refractivity (Wildman–Crippen MR) is 94.5 cm³/mol. The lowest BCUT2D eigenvalue weighted by Crippen LogP contribution is -1.91. The summed E-state index contributed by atoms with van der Waals surface area (Å²) in [5.74, 6) is -0.902. The van der Waals surface area contributed by atoms with Crippen molar-refractivity contribution in [2.24, 2.45) is 0 Å². The minimum atomic E-state index is -0.902. The Morgan fingerprint density at radius 1 is 0.500 bits per heavy atom. The molecule has 22 heavy (non-hydrogen) atoms. The molecule has 0 spiro atoms. The van der Waals surface area contributed by atoms with E-state index in [0.29, 0.717) is 0 Å². The Morgan fingerprint density at radius 3 is 1.05 bits per heavy atom. The number of hydrogen-bond acceptors (Lipinski definition) is 1. The molecule has 0 heterocycles. The standard InChI is InChI=1S/C20H39O2/c1-2-3-4-5-6-7-8-9-10-11-12-13-14-15-16-17-18-19-20(21)22/h2-19H2,1H3. The highest BCUT2D eigenvalue weighted by atomic mass is 16.4. The number of unbranched alkanes of at least 4 members (excludes halogenated alkanes) is 16. The Kier molecular flexibility index (Phi) is 18.1. The number of carbonyl (C=O) groups excluding carboxylic acids is 1. The summed E-state index contributed by atoms with van der Waals surface area (Å²) in [5, 5.41) is 10.2. The molecule has 0 rings (SSSR count). The van der Waals surface area contributed by atoms with Crippen molar-refractivity contribution in [2.75, 3.05) is 0 Å². The molecule has 0 unspecified atom stereocenters. The number of hydrogen-bond donors (Lipinski definition) is 0. The minimum Gasteiger partial charge on any atom is -0.247 e. The van der Waals surface area contributed by atoms with Gasteiger partial charge < -0.3 is 0 Å². The van der Waals surface area contributed by atoms with Crippen LogP contribution in [0.4, 0.5) is 0 Å². The Hall–Kier alpha value is -0.530. The average Bonchev–Trinajstić information content (AvgIpc) is 2.50. The highest BCUT2D eigenvalue weighted by molar-refractivity contribution is 5.66. The summed E-state index contributed by atoms with van der Waals surface area (Å²) in [6.07, 6.45) is 22.8. The first-order chi connectivity index (χ1) is 10.8. The van der Waals surface area contributed by atoms with Gasteiger partial charge in [0, 0.05) is 0 Å². The summed E-state index contributed by atoms with van der Waals surface area (Å²) in [6, 6.07) is 0. The molecular formula is C20H39O2. The smallest absolute Gasteiger partial charge is 0.247 e. The van der Waals surface area contributed by atoms with Gasteiger partial charge in [-0.25, -0.2) is 9.90 Å². The van der Waals surface area contributed by atoms with Gasteiger partial charge in [0.05, 0.1) is 6.42 Å². The van der Waals surface area contributed by atoms with Crippen LogP contribution in [0.3, 0.4) is 0 Å². The quantitative estimate of drug-likeness (QED) is 0.251.